The summed E-state index contributed by atoms with van der Waals surface area (Å²) in [5.74, 6) is 0.475. The summed E-state index contributed by atoms with van der Waals surface area (Å²) in [4.78, 5) is 7.37. The second-order valence-electron chi connectivity index (χ2n) is 4.45. The van der Waals surface area contributed by atoms with Crippen molar-refractivity contribution >= 4 is 38.6 Å². The van der Waals surface area contributed by atoms with Gasteiger partial charge < -0.3 is 10.3 Å². The van der Waals surface area contributed by atoms with E-state index in [9.17, 15) is 13.2 Å². The van der Waals surface area contributed by atoms with Gasteiger partial charge in [0.1, 0.15) is 0 Å². The summed E-state index contributed by atoms with van der Waals surface area (Å²) >= 11 is 3.36. The Bertz CT molecular complexity index is 778. The number of H-pyrrole nitrogens is 1. The van der Waals surface area contributed by atoms with Gasteiger partial charge in [0.25, 0.3) is 0 Å². The molecule has 108 valence electrons. The third-order valence-electron chi connectivity index (χ3n) is 2.92. The number of rotatable bonds is 2. The first-order chi connectivity index (χ1) is 9.91. The lowest BCUT2D eigenvalue weighted by Crippen LogP contribution is -2.04. The number of alkyl halides is 3. The van der Waals surface area contributed by atoms with Crippen LogP contribution in [0.25, 0.3) is 11.0 Å². The first-order valence-corrected chi connectivity index (χ1v) is 6.81. The van der Waals surface area contributed by atoms with Crippen molar-refractivity contribution in [3.8, 4) is 0 Å². The van der Waals surface area contributed by atoms with Crippen LogP contribution in [0.2, 0.25) is 0 Å². The molecular weight excluding hydrogens is 347 g/mol. The molecule has 1 heterocycles. The fourth-order valence-corrected chi connectivity index (χ4v) is 2.28. The maximum Gasteiger partial charge on any atom is 0.416 e. The van der Waals surface area contributed by atoms with Crippen LogP contribution in [0.1, 0.15) is 5.56 Å². The van der Waals surface area contributed by atoms with Crippen LogP contribution in [0.4, 0.5) is 24.8 Å². The number of aromatic amines is 1. The lowest BCUT2D eigenvalue weighted by atomic mass is 10.2. The number of benzene rings is 2. The van der Waals surface area contributed by atoms with Crippen LogP contribution in [0.3, 0.4) is 0 Å². The van der Waals surface area contributed by atoms with Gasteiger partial charge in [0.05, 0.1) is 16.6 Å². The molecule has 0 spiro atoms. The Morgan fingerprint density at radius 1 is 1.05 bits per heavy atom. The molecule has 0 unspecified atom stereocenters. The zero-order valence-electron chi connectivity index (χ0n) is 10.5. The highest BCUT2D eigenvalue weighted by atomic mass is 79.9. The van der Waals surface area contributed by atoms with E-state index in [1.54, 1.807) is 0 Å². The first kappa shape index (κ1) is 13.9. The Kier molecular flexibility index (Phi) is 3.36. The van der Waals surface area contributed by atoms with E-state index in [0.717, 1.165) is 27.6 Å². The van der Waals surface area contributed by atoms with Gasteiger partial charge in [0.15, 0.2) is 0 Å². The summed E-state index contributed by atoms with van der Waals surface area (Å²) in [5, 5.41) is 2.94. The molecule has 1 aromatic heterocycles. The van der Waals surface area contributed by atoms with Crippen molar-refractivity contribution in [3.63, 3.8) is 0 Å². The molecule has 2 aromatic carbocycles. The minimum atomic E-state index is -4.33. The molecule has 21 heavy (non-hydrogen) atoms. The predicted octanol–water partition coefficient (Wildman–Crippen LogP) is 5.09. The number of hydrogen-bond donors (Lipinski definition) is 2. The molecule has 0 saturated carbocycles. The molecule has 0 radical (unpaired) electrons. The van der Waals surface area contributed by atoms with Gasteiger partial charge in [-0.3, -0.25) is 0 Å². The van der Waals surface area contributed by atoms with Crippen LogP contribution in [-0.4, -0.2) is 9.97 Å². The summed E-state index contributed by atoms with van der Waals surface area (Å²) in [5.41, 5.74) is 1.45. The highest BCUT2D eigenvalue weighted by molar-refractivity contribution is 9.10. The van der Waals surface area contributed by atoms with E-state index in [1.165, 1.54) is 12.1 Å². The molecule has 3 aromatic rings. The van der Waals surface area contributed by atoms with Crippen molar-refractivity contribution in [2.75, 3.05) is 5.32 Å². The van der Waals surface area contributed by atoms with Crippen LogP contribution in [0, 0.1) is 0 Å². The summed E-state index contributed by atoms with van der Waals surface area (Å²) in [6.45, 7) is 0. The van der Waals surface area contributed by atoms with Gasteiger partial charge in [-0.1, -0.05) is 15.9 Å². The Balaban J connectivity index is 1.84. The molecule has 2 N–H and O–H groups in total. The SMILES string of the molecule is FC(F)(F)c1ccc(Nc2nc3ccc(Br)cc3[nH]2)cc1. The summed E-state index contributed by atoms with van der Waals surface area (Å²) in [6, 6.07) is 10.4. The zero-order chi connectivity index (χ0) is 15.0. The van der Waals surface area contributed by atoms with Gasteiger partial charge in [0, 0.05) is 10.2 Å². The smallest absolute Gasteiger partial charge is 0.326 e. The van der Waals surface area contributed by atoms with Gasteiger partial charge in [0.2, 0.25) is 5.95 Å². The quantitative estimate of drug-likeness (QED) is 0.672. The average Bonchev–Trinajstić information content (AvgIpc) is 2.79. The molecule has 0 atom stereocenters. The van der Waals surface area contributed by atoms with Crippen molar-refractivity contribution in [2.24, 2.45) is 0 Å². The van der Waals surface area contributed by atoms with Crippen molar-refractivity contribution in [1.82, 2.24) is 9.97 Å². The van der Waals surface area contributed by atoms with Gasteiger partial charge in [-0.15, -0.1) is 0 Å². The lowest BCUT2D eigenvalue weighted by molar-refractivity contribution is -0.137. The number of halogens is 4. The number of anilines is 2. The third-order valence-corrected chi connectivity index (χ3v) is 3.41. The van der Waals surface area contributed by atoms with Crippen molar-refractivity contribution in [1.29, 1.82) is 0 Å². The van der Waals surface area contributed by atoms with Gasteiger partial charge in [-0.2, -0.15) is 13.2 Å². The third kappa shape index (κ3) is 3.02. The molecule has 3 nitrogen and oxygen atoms in total. The molecule has 0 saturated heterocycles. The van der Waals surface area contributed by atoms with Crippen LogP contribution >= 0.6 is 15.9 Å². The van der Waals surface area contributed by atoms with E-state index in [1.807, 2.05) is 18.2 Å². The molecule has 0 aliphatic carbocycles. The van der Waals surface area contributed by atoms with Crippen molar-refractivity contribution in [2.45, 2.75) is 6.18 Å². The van der Waals surface area contributed by atoms with Crippen LogP contribution < -0.4 is 5.32 Å². The Labute approximate surface area is 126 Å². The number of nitrogens with zero attached hydrogens (tertiary/aromatic N) is 1. The van der Waals surface area contributed by atoms with Crippen LogP contribution in [0.5, 0.6) is 0 Å². The molecule has 0 bridgehead atoms. The standard InChI is InChI=1S/C14H9BrF3N3/c15-9-3-6-11-12(7-9)21-13(20-11)19-10-4-1-8(2-5-10)14(16,17)18/h1-7H,(H2,19,20,21). The zero-order valence-corrected chi connectivity index (χ0v) is 12.1. The van der Waals surface area contributed by atoms with Gasteiger partial charge in [-0.25, -0.2) is 4.98 Å². The average molecular weight is 356 g/mol. The summed E-state index contributed by atoms with van der Waals surface area (Å²) < 4.78 is 38.4. The lowest BCUT2D eigenvalue weighted by Gasteiger charge is -2.07. The van der Waals surface area contributed by atoms with E-state index in [2.05, 4.69) is 31.2 Å². The molecule has 0 amide bonds. The fourth-order valence-electron chi connectivity index (χ4n) is 1.92. The Hall–Kier alpha value is -2.02. The second kappa shape index (κ2) is 5.07. The largest absolute Gasteiger partial charge is 0.416 e. The second-order valence-corrected chi connectivity index (χ2v) is 5.36. The molecule has 3 rings (SSSR count). The number of hydrogen-bond acceptors (Lipinski definition) is 2. The monoisotopic (exact) mass is 355 g/mol. The van der Waals surface area contributed by atoms with E-state index >= 15 is 0 Å². The summed E-state index contributed by atoms with van der Waals surface area (Å²) in [7, 11) is 0. The Morgan fingerprint density at radius 2 is 1.76 bits per heavy atom. The highest BCUT2D eigenvalue weighted by Crippen LogP contribution is 2.30. The van der Waals surface area contributed by atoms with Crippen LogP contribution in [-0.2, 0) is 6.18 Å². The molecule has 0 aliphatic rings. The predicted molar refractivity (Wildman–Crippen MR) is 78.5 cm³/mol. The minimum absolute atomic E-state index is 0.475. The number of nitrogens with one attached hydrogen (secondary N) is 2. The van der Waals surface area contributed by atoms with Gasteiger partial charge >= 0.3 is 6.18 Å². The fraction of sp³-hybridized carbons (Fsp3) is 0.0714. The van der Waals surface area contributed by atoms with Crippen molar-refractivity contribution < 1.29 is 13.2 Å². The topological polar surface area (TPSA) is 40.7 Å². The van der Waals surface area contributed by atoms with E-state index in [0.29, 0.717) is 11.6 Å². The Morgan fingerprint density at radius 3 is 2.43 bits per heavy atom. The highest BCUT2D eigenvalue weighted by Gasteiger charge is 2.29. The number of imidazole rings is 1. The van der Waals surface area contributed by atoms with E-state index < -0.39 is 11.7 Å². The molecule has 0 fully saturated rings. The van der Waals surface area contributed by atoms with Gasteiger partial charge in [-0.05, 0) is 42.5 Å². The first-order valence-electron chi connectivity index (χ1n) is 6.01. The molecular formula is C14H9BrF3N3. The minimum Gasteiger partial charge on any atom is -0.326 e. The van der Waals surface area contributed by atoms with Crippen LogP contribution in [0.15, 0.2) is 46.9 Å². The van der Waals surface area contributed by atoms with Crippen molar-refractivity contribution in [3.05, 3.63) is 52.5 Å². The maximum atomic E-state index is 12.5. The summed E-state index contributed by atoms with van der Waals surface area (Å²) in [6.07, 6.45) is -4.33. The maximum absolute atomic E-state index is 12.5. The van der Waals surface area contributed by atoms with E-state index in [-0.39, 0.29) is 0 Å². The normalized spacial score (nSPS) is 11.8. The number of aromatic nitrogens is 2. The molecule has 0 aliphatic heterocycles. The molecule has 7 heteroatoms. The van der Waals surface area contributed by atoms with E-state index in [4.69, 9.17) is 0 Å². The number of fused-ring (bicyclic) bond motifs is 1.